The molecule has 2 amide bonds. The molecule has 220 valence electrons. The number of carbonyl (C=O) groups is 2. The van der Waals surface area contributed by atoms with Gasteiger partial charge in [-0.3, -0.25) is 13.9 Å². The SMILES string of the molecule is CCCNC(=O)[C@@H](CC)N(Cc1ccc(Cl)cc1Cl)C(=O)CN(c1ccc(Cl)cc1C)S(=O)(=O)c1ccc(C)cc1. The molecule has 0 fully saturated rings. The van der Waals surface area contributed by atoms with E-state index >= 15 is 0 Å². The summed E-state index contributed by atoms with van der Waals surface area (Å²) in [4.78, 5) is 28.8. The summed E-state index contributed by atoms with van der Waals surface area (Å²) in [5.41, 5.74) is 2.34. The van der Waals surface area contributed by atoms with Crippen LogP contribution in [-0.4, -0.2) is 44.3 Å². The number of nitrogens with zero attached hydrogens (tertiary/aromatic N) is 2. The van der Waals surface area contributed by atoms with Crippen molar-refractivity contribution in [3.8, 4) is 0 Å². The Morgan fingerprint density at radius 1 is 0.902 bits per heavy atom. The van der Waals surface area contributed by atoms with Crippen LogP contribution in [-0.2, 0) is 26.2 Å². The fraction of sp³-hybridized carbons (Fsp3) is 0.333. The van der Waals surface area contributed by atoms with Gasteiger partial charge in [0.25, 0.3) is 10.0 Å². The second kappa shape index (κ2) is 14.4. The number of aryl methyl sites for hydroxylation is 2. The van der Waals surface area contributed by atoms with Crippen LogP contribution in [0, 0.1) is 13.8 Å². The number of halogens is 3. The minimum Gasteiger partial charge on any atom is -0.354 e. The fourth-order valence-electron chi connectivity index (χ4n) is 4.37. The summed E-state index contributed by atoms with van der Waals surface area (Å²) in [5.74, 6) is -0.900. The summed E-state index contributed by atoms with van der Waals surface area (Å²) < 4.78 is 29.1. The van der Waals surface area contributed by atoms with E-state index in [0.717, 1.165) is 16.3 Å². The van der Waals surface area contributed by atoms with E-state index in [0.29, 0.717) is 44.8 Å². The molecule has 11 heteroatoms. The molecular weight excluding hydrogens is 605 g/mol. The van der Waals surface area contributed by atoms with Crippen LogP contribution < -0.4 is 9.62 Å². The number of nitrogens with one attached hydrogen (secondary N) is 1. The van der Waals surface area contributed by atoms with Gasteiger partial charge in [0.15, 0.2) is 0 Å². The summed E-state index contributed by atoms with van der Waals surface area (Å²) >= 11 is 18.7. The minimum absolute atomic E-state index is 0.0229. The molecule has 0 unspecified atom stereocenters. The van der Waals surface area contributed by atoms with Crippen molar-refractivity contribution in [2.45, 2.75) is 58.0 Å². The summed E-state index contributed by atoms with van der Waals surface area (Å²) in [5, 5.41) is 4.05. The first-order valence-corrected chi connectivity index (χ1v) is 15.8. The normalized spacial score (nSPS) is 12.1. The Morgan fingerprint density at radius 3 is 2.12 bits per heavy atom. The molecule has 0 aliphatic rings. The van der Waals surface area contributed by atoms with Crippen LogP contribution in [0.15, 0.2) is 65.6 Å². The van der Waals surface area contributed by atoms with Gasteiger partial charge >= 0.3 is 0 Å². The molecule has 0 radical (unpaired) electrons. The molecule has 0 spiro atoms. The summed E-state index contributed by atoms with van der Waals surface area (Å²) in [6.07, 6.45) is 1.02. The molecule has 1 N–H and O–H groups in total. The van der Waals surface area contributed by atoms with Crippen LogP contribution >= 0.6 is 34.8 Å². The molecule has 0 aliphatic carbocycles. The second-order valence-corrected chi connectivity index (χ2v) is 12.9. The van der Waals surface area contributed by atoms with Crippen LogP contribution in [0.2, 0.25) is 15.1 Å². The zero-order chi connectivity index (χ0) is 30.3. The summed E-state index contributed by atoms with van der Waals surface area (Å²) in [7, 11) is -4.19. The number of rotatable bonds is 12. The van der Waals surface area contributed by atoms with Crippen molar-refractivity contribution in [1.82, 2.24) is 10.2 Å². The van der Waals surface area contributed by atoms with Gasteiger partial charge < -0.3 is 10.2 Å². The van der Waals surface area contributed by atoms with E-state index in [4.69, 9.17) is 34.8 Å². The Kier molecular flexibility index (Phi) is 11.5. The molecule has 3 aromatic carbocycles. The summed E-state index contributed by atoms with van der Waals surface area (Å²) in [6.45, 7) is 7.17. The Hall–Kier alpha value is -2.78. The molecule has 0 saturated heterocycles. The van der Waals surface area contributed by atoms with Gasteiger partial charge in [0, 0.05) is 28.2 Å². The molecule has 0 saturated carbocycles. The Morgan fingerprint density at radius 2 is 1.54 bits per heavy atom. The topological polar surface area (TPSA) is 86.8 Å². The Bertz CT molecular complexity index is 1500. The van der Waals surface area contributed by atoms with Crippen LogP contribution in [0.25, 0.3) is 0 Å². The van der Waals surface area contributed by atoms with Crippen molar-refractivity contribution in [2.75, 3.05) is 17.4 Å². The van der Waals surface area contributed by atoms with Crippen molar-refractivity contribution >= 4 is 62.3 Å². The van der Waals surface area contributed by atoms with E-state index in [1.54, 1.807) is 62.4 Å². The third-order valence-electron chi connectivity index (χ3n) is 6.61. The molecule has 7 nitrogen and oxygen atoms in total. The van der Waals surface area contributed by atoms with Crippen LogP contribution in [0.1, 0.15) is 43.4 Å². The molecule has 0 bridgehead atoms. The standard InChI is InChI=1S/C30H34Cl3N3O4S/c1-5-15-34-30(38)27(6-2)35(18-22-9-10-24(32)17-26(22)33)29(37)19-36(28-14-11-23(31)16-21(28)4)41(39,40)25-12-7-20(3)8-13-25/h7-14,16-17,27H,5-6,15,18-19H2,1-4H3,(H,34,38)/t27-/m1/s1. The maximum Gasteiger partial charge on any atom is 0.264 e. The highest BCUT2D eigenvalue weighted by atomic mass is 35.5. The average Bonchev–Trinajstić information content (AvgIpc) is 2.92. The van der Waals surface area contributed by atoms with Crippen molar-refractivity contribution in [3.05, 3.63) is 92.4 Å². The van der Waals surface area contributed by atoms with E-state index in [9.17, 15) is 18.0 Å². The van der Waals surface area contributed by atoms with Gasteiger partial charge in [-0.2, -0.15) is 0 Å². The van der Waals surface area contributed by atoms with Crippen molar-refractivity contribution in [3.63, 3.8) is 0 Å². The highest BCUT2D eigenvalue weighted by Gasteiger charge is 2.34. The van der Waals surface area contributed by atoms with Crippen LogP contribution in [0.4, 0.5) is 5.69 Å². The Labute approximate surface area is 257 Å². The second-order valence-electron chi connectivity index (χ2n) is 9.73. The lowest BCUT2D eigenvalue weighted by Gasteiger charge is -2.33. The number of benzene rings is 3. The maximum atomic E-state index is 14.1. The number of sulfonamides is 1. The molecule has 41 heavy (non-hydrogen) atoms. The van der Waals surface area contributed by atoms with Gasteiger partial charge in [-0.1, -0.05) is 72.4 Å². The largest absolute Gasteiger partial charge is 0.354 e. The third-order valence-corrected chi connectivity index (χ3v) is 9.20. The molecule has 3 aromatic rings. The van der Waals surface area contributed by atoms with Crippen molar-refractivity contribution in [1.29, 1.82) is 0 Å². The lowest BCUT2D eigenvalue weighted by Crippen LogP contribution is -2.52. The molecule has 0 heterocycles. The monoisotopic (exact) mass is 637 g/mol. The van der Waals surface area contributed by atoms with Crippen molar-refractivity contribution < 1.29 is 18.0 Å². The number of hydrogen-bond acceptors (Lipinski definition) is 4. The Balaban J connectivity index is 2.11. The van der Waals surface area contributed by atoms with E-state index < -0.39 is 28.5 Å². The van der Waals surface area contributed by atoms with Crippen LogP contribution in [0.5, 0.6) is 0 Å². The third kappa shape index (κ3) is 8.16. The minimum atomic E-state index is -4.19. The van der Waals surface area contributed by atoms with E-state index in [2.05, 4.69) is 5.32 Å². The quantitative estimate of drug-likeness (QED) is 0.237. The molecule has 0 aliphatic heterocycles. The van der Waals surface area contributed by atoms with Gasteiger partial charge in [0.05, 0.1) is 10.6 Å². The maximum absolute atomic E-state index is 14.1. The van der Waals surface area contributed by atoms with Gasteiger partial charge in [-0.25, -0.2) is 8.42 Å². The first-order chi connectivity index (χ1) is 19.4. The number of anilines is 1. The predicted molar refractivity (Wildman–Crippen MR) is 166 cm³/mol. The fourth-order valence-corrected chi connectivity index (χ4v) is 6.54. The first-order valence-electron chi connectivity index (χ1n) is 13.3. The number of amides is 2. The summed E-state index contributed by atoms with van der Waals surface area (Å²) in [6, 6.07) is 15.2. The molecule has 0 aromatic heterocycles. The predicted octanol–water partition coefficient (Wildman–Crippen LogP) is 6.79. The van der Waals surface area contributed by atoms with E-state index in [-0.39, 0.29) is 17.3 Å². The van der Waals surface area contributed by atoms with Gasteiger partial charge in [0.2, 0.25) is 11.8 Å². The molecule has 3 rings (SSSR count). The van der Waals surface area contributed by atoms with E-state index in [1.807, 2.05) is 13.8 Å². The smallest absolute Gasteiger partial charge is 0.264 e. The van der Waals surface area contributed by atoms with Gasteiger partial charge in [0.1, 0.15) is 12.6 Å². The lowest BCUT2D eigenvalue weighted by atomic mass is 10.1. The molecule has 1 atom stereocenters. The average molecular weight is 639 g/mol. The number of hydrogen-bond donors (Lipinski definition) is 1. The zero-order valence-corrected chi connectivity index (χ0v) is 26.5. The highest BCUT2D eigenvalue weighted by Crippen LogP contribution is 2.30. The number of carbonyl (C=O) groups excluding carboxylic acids is 2. The lowest BCUT2D eigenvalue weighted by molar-refractivity contribution is -0.140. The first kappa shape index (κ1) is 32.7. The van der Waals surface area contributed by atoms with Gasteiger partial charge in [-0.15, -0.1) is 0 Å². The van der Waals surface area contributed by atoms with Crippen LogP contribution in [0.3, 0.4) is 0 Å². The van der Waals surface area contributed by atoms with Gasteiger partial charge in [-0.05, 0) is 80.3 Å². The van der Waals surface area contributed by atoms with Crippen molar-refractivity contribution in [2.24, 2.45) is 0 Å². The molecular formula is C30H34Cl3N3O4S. The van der Waals surface area contributed by atoms with E-state index in [1.165, 1.54) is 17.0 Å². The highest BCUT2D eigenvalue weighted by molar-refractivity contribution is 7.92. The zero-order valence-electron chi connectivity index (χ0n) is 23.5.